The van der Waals surface area contributed by atoms with Crippen molar-refractivity contribution in [2.45, 2.75) is 33.6 Å². The number of carbonyl (C=O) groups excluding carboxylic acids is 1. The zero-order valence-electron chi connectivity index (χ0n) is 16.7. The SMILES string of the molecule is C/C(=N/NC(=O)COc1cc(C)ccc1C(C)C)c1ccc2c(c1)OCCO2. The van der Waals surface area contributed by atoms with Gasteiger partial charge >= 0.3 is 0 Å². The predicted octanol–water partition coefficient (Wildman–Crippen LogP) is 3.81. The van der Waals surface area contributed by atoms with Gasteiger partial charge in [-0.15, -0.1) is 0 Å². The molecule has 1 aliphatic heterocycles. The summed E-state index contributed by atoms with van der Waals surface area (Å²) in [5, 5.41) is 4.17. The van der Waals surface area contributed by atoms with E-state index >= 15 is 0 Å². The molecule has 6 heteroatoms. The van der Waals surface area contributed by atoms with E-state index in [-0.39, 0.29) is 12.5 Å². The van der Waals surface area contributed by atoms with Crippen LogP contribution in [0.25, 0.3) is 0 Å². The number of rotatable bonds is 6. The van der Waals surface area contributed by atoms with Gasteiger partial charge in [-0.1, -0.05) is 26.0 Å². The van der Waals surface area contributed by atoms with Crippen LogP contribution in [-0.2, 0) is 4.79 Å². The Bertz CT molecular complexity index is 890. The largest absolute Gasteiger partial charge is 0.486 e. The average molecular weight is 382 g/mol. The Morgan fingerprint density at radius 3 is 2.64 bits per heavy atom. The molecule has 1 aliphatic rings. The lowest BCUT2D eigenvalue weighted by Gasteiger charge is -2.18. The number of ether oxygens (including phenoxy) is 3. The van der Waals surface area contributed by atoms with Crippen molar-refractivity contribution in [2.75, 3.05) is 19.8 Å². The minimum atomic E-state index is -0.312. The third kappa shape index (κ3) is 4.82. The monoisotopic (exact) mass is 382 g/mol. The number of aryl methyl sites for hydroxylation is 1. The van der Waals surface area contributed by atoms with Crippen LogP contribution in [0.2, 0.25) is 0 Å². The summed E-state index contributed by atoms with van der Waals surface area (Å²) in [4.78, 5) is 12.2. The molecule has 6 nitrogen and oxygen atoms in total. The molecule has 2 aromatic carbocycles. The molecule has 0 saturated carbocycles. The standard InChI is InChI=1S/C22H26N2O4/c1-14(2)18-7-5-15(3)11-20(18)28-13-22(25)24-23-16(4)17-6-8-19-21(12-17)27-10-9-26-19/h5-8,11-12,14H,9-10,13H2,1-4H3,(H,24,25)/b23-16-. The molecule has 1 heterocycles. The molecule has 0 aromatic heterocycles. The van der Waals surface area contributed by atoms with Gasteiger partial charge in [-0.2, -0.15) is 5.10 Å². The Kier molecular flexibility index (Phi) is 6.19. The van der Waals surface area contributed by atoms with E-state index in [1.807, 2.05) is 50.2 Å². The first-order valence-corrected chi connectivity index (χ1v) is 9.40. The van der Waals surface area contributed by atoms with E-state index in [0.717, 1.165) is 28.2 Å². The van der Waals surface area contributed by atoms with E-state index in [1.165, 1.54) is 0 Å². The van der Waals surface area contributed by atoms with Crippen molar-refractivity contribution in [3.63, 3.8) is 0 Å². The molecule has 2 aromatic rings. The van der Waals surface area contributed by atoms with Crippen LogP contribution in [-0.4, -0.2) is 31.4 Å². The van der Waals surface area contributed by atoms with Gasteiger partial charge in [0.05, 0.1) is 5.71 Å². The molecule has 0 aliphatic carbocycles. The third-order valence-corrected chi connectivity index (χ3v) is 4.46. The fourth-order valence-electron chi connectivity index (χ4n) is 2.90. The van der Waals surface area contributed by atoms with Crippen molar-refractivity contribution in [2.24, 2.45) is 5.10 Å². The van der Waals surface area contributed by atoms with Gasteiger partial charge in [-0.05, 0) is 55.2 Å². The highest BCUT2D eigenvalue weighted by Crippen LogP contribution is 2.31. The molecule has 1 N–H and O–H groups in total. The number of nitrogens with zero attached hydrogens (tertiary/aromatic N) is 1. The maximum atomic E-state index is 12.2. The number of hydrogen-bond donors (Lipinski definition) is 1. The van der Waals surface area contributed by atoms with Crippen molar-refractivity contribution in [1.82, 2.24) is 5.43 Å². The van der Waals surface area contributed by atoms with Gasteiger partial charge in [0.1, 0.15) is 19.0 Å². The molecule has 1 amide bonds. The zero-order valence-corrected chi connectivity index (χ0v) is 16.7. The number of carbonyl (C=O) groups is 1. The first kappa shape index (κ1) is 19.7. The van der Waals surface area contributed by atoms with E-state index in [1.54, 1.807) is 0 Å². The maximum Gasteiger partial charge on any atom is 0.277 e. The van der Waals surface area contributed by atoms with Crippen LogP contribution in [0.4, 0.5) is 0 Å². The van der Waals surface area contributed by atoms with Crippen LogP contribution in [0.1, 0.15) is 43.4 Å². The van der Waals surface area contributed by atoms with Gasteiger partial charge in [0.15, 0.2) is 18.1 Å². The Morgan fingerprint density at radius 1 is 1.14 bits per heavy atom. The summed E-state index contributed by atoms with van der Waals surface area (Å²) in [7, 11) is 0. The number of amides is 1. The van der Waals surface area contributed by atoms with Crippen LogP contribution in [0.15, 0.2) is 41.5 Å². The lowest BCUT2D eigenvalue weighted by molar-refractivity contribution is -0.123. The van der Waals surface area contributed by atoms with Gasteiger partial charge in [0, 0.05) is 5.56 Å². The van der Waals surface area contributed by atoms with Gasteiger partial charge in [0.25, 0.3) is 5.91 Å². The molecule has 3 rings (SSSR count). The van der Waals surface area contributed by atoms with Gasteiger partial charge in [0.2, 0.25) is 0 Å². The normalized spacial score (nSPS) is 13.4. The molecule has 28 heavy (non-hydrogen) atoms. The minimum absolute atomic E-state index is 0.0961. The van der Waals surface area contributed by atoms with Gasteiger partial charge < -0.3 is 14.2 Å². The molecule has 0 unspecified atom stereocenters. The summed E-state index contributed by atoms with van der Waals surface area (Å²) in [6.45, 7) is 8.99. The zero-order chi connectivity index (χ0) is 20.1. The van der Waals surface area contributed by atoms with Crippen molar-refractivity contribution in [1.29, 1.82) is 0 Å². The first-order valence-electron chi connectivity index (χ1n) is 9.40. The molecule has 0 fully saturated rings. The Labute approximate surface area is 165 Å². The van der Waals surface area contributed by atoms with Crippen LogP contribution < -0.4 is 19.6 Å². The van der Waals surface area contributed by atoms with Crippen LogP contribution in [0.5, 0.6) is 17.2 Å². The summed E-state index contributed by atoms with van der Waals surface area (Å²) >= 11 is 0. The topological polar surface area (TPSA) is 69.2 Å². The number of nitrogens with one attached hydrogen (secondary N) is 1. The highest BCUT2D eigenvalue weighted by atomic mass is 16.6. The number of fused-ring (bicyclic) bond motifs is 1. The summed E-state index contributed by atoms with van der Waals surface area (Å²) in [5.41, 5.74) is 6.24. The summed E-state index contributed by atoms with van der Waals surface area (Å²) < 4.78 is 16.8. The minimum Gasteiger partial charge on any atom is -0.486 e. The lowest BCUT2D eigenvalue weighted by atomic mass is 10.0. The second kappa shape index (κ2) is 8.78. The van der Waals surface area contributed by atoms with E-state index in [4.69, 9.17) is 14.2 Å². The first-order chi connectivity index (χ1) is 13.4. The van der Waals surface area contributed by atoms with Gasteiger partial charge in [-0.25, -0.2) is 5.43 Å². The molecule has 148 valence electrons. The Morgan fingerprint density at radius 2 is 1.89 bits per heavy atom. The lowest BCUT2D eigenvalue weighted by Crippen LogP contribution is -2.26. The third-order valence-electron chi connectivity index (χ3n) is 4.46. The molecule has 0 bridgehead atoms. The van der Waals surface area contributed by atoms with E-state index in [2.05, 4.69) is 24.4 Å². The number of benzene rings is 2. The fourth-order valence-corrected chi connectivity index (χ4v) is 2.90. The van der Waals surface area contributed by atoms with E-state index in [0.29, 0.717) is 30.6 Å². The van der Waals surface area contributed by atoms with Crippen LogP contribution >= 0.6 is 0 Å². The molecule has 0 spiro atoms. The average Bonchev–Trinajstić information content (AvgIpc) is 2.69. The van der Waals surface area contributed by atoms with Crippen LogP contribution in [0.3, 0.4) is 0 Å². The second-order valence-corrected chi connectivity index (χ2v) is 7.08. The second-order valence-electron chi connectivity index (χ2n) is 7.08. The smallest absolute Gasteiger partial charge is 0.277 e. The predicted molar refractivity (Wildman–Crippen MR) is 109 cm³/mol. The van der Waals surface area contributed by atoms with Crippen LogP contribution in [0, 0.1) is 6.92 Å². The summed E-state index contributed by atoms with van der Waals surface area (Å²) in [5.74, 6) is 2.15. The number of hydrogen-bond acceptors (Lipinski definition) is 5. The van der Waals surface area contributed by atoms with Crippen molar-refractivity contribution >= 4 is 11.6 Å². The fraction of sp³-hybridized carbons (Fsp3) is 0.364. The van der Waals surface area contributed by atoms with Crippen molar-refractivity contribution < 1.29 is 19.0 Å². The Balaban J connectivity index is 1.60. The summed E-state index contributed by atoms with van der Waals surface area (Å²) in [6.07, 6.45) is 0. The van der Waals surface area contributed by atoms with E-state index in [9.17, 15) is 4.79 Å². The Hall–Kier alpha value is -3.02. The highest BCUT2D eigenvalue weighted by molar-refractivity contribution is 5.99. The number of hydrazone groups is 1. The quantitative estimate of drug-likeness (QED) is 0.609. The molecular formula is C22H26N2O4. The van der Waals surface area contributed by atoms with Crippen molar-refractivity contribution in [3.8, 4) is 17.2 Å². The van der Waals surface area contributed by atoms with Gasteiger partial charge in [-0.3, -0.25) is 4.79 Å². The molecule has 0 saturated heterocycles. The highest BCUT2D eigenvalue weighted by Gasteiger charge is 2.13. The molecule has 0 atom stereocenters. The van der Waals surface area contributed by atoms with Crippen molar-refractivity contribution in [3.05, 3.63) is 53.1 Å². The maximum absolute atomic E-state index is 12.2. The summed E-state index contributed by atoms with van der Waals surface area (Å²) in [6, 6.07) is 11.6. The molecular weight excluding hydrogens is 356 g/mol. The molecule has 0 radical (unpaired) electrons. The van der Waals surface area contributed by atoms with E-state index < -0.39 is 0 Å².